The Balaban J connectivity index is 2.00. The van der Waals surface area contributed by atoms with Crippen LogP contribution in [0.15, 0.2) is 24.3 Å². The van der Waals surface area contributed by atoms with Crippen LogP contribution in [0.25, 0.3) is 6.08 Å². The van der Waals surface area contributed by atoms with Gasteiger partial charge in [-0.25, -0.2) is 4.79 Å². The first-order chi connectivity index (χ1) is 11.3. The first-order valence-corrected chi connectivity index (χ1v) is 7.04. The van der Waals surface area contributed by atoms with Gasteiger partial charge in [-0.15, -0.1) is 0 Å². The van der Waals surface area contributed by atoms with Crippen LogP contribution in [0.4, 0.5) is 0 Å². The lowest BCUT2D eigenvalue weighted by molar-refractivity contribution is -0.291. The molecule has 9 nitrogen and oxygen atoms in total. The van der Waals surface area contributed by atoms with E-state index in [0.717, 1.165) is 6.08 Å². The number of rotatable bonds is 4. The van der Waals surface area contributed by atoms with Crippen molar-refractivity contribution in [1.29, 1.82) is 0 Å². The molecule has 132 valence electrons. The van der Waals surface area contributed by atoms with Crippen LogP contribution in [0.5, 0.6) is 11.5 Å². The molecule has 9 heteroatoms. The van der Waals surface area contributed by atoms with E-state index in [-0.39, 0.29) is 11.5 Å². The molecule has 0 radical (unpaired) electrons. The normalized spacial score (nSPS) is 30.4. The topological polar surface area (TPSA) is 157 Å². The predicted molar refractivity (Wildman–Crippen MR) is 78.7 cm³/mol. The Morgan fingerprint density at radius 3 is 2.46 bits per heavy atom. The van der Waals surface area contributed by atoms with Gasteiger partial charge in [-0.1, -0.05) is 6.07 Å². The van der Waals surface area contributed by atoms with Crippen molar-refractivity contribution in [3.05, 3.63) is 29.8 Å². The van der Waals surface area contributed by atoms with Crippen LogP contribution >= 0.6 is 0 Å². The van der Waals surface area contributed by atoms with E-state index in [1.807, 2.05) is 0 Å². The van der Waals surface area contributed by atoms with Crippen molar-refractivity contribution in [2.24, 2.45) is 0 Å². The summed E-state index contributed by atoms with van der Waals surface area (Å²) in [6.07, 6.45) is -5.36. The zero-order valence-corrected chi connectivity index (χ0v) is 12.4. The Bertz CT molecular complexity index is 613. The number of carbonyl (C=O) groups is 1. The van der Waals surface area contributed by atoms with E-state index in [4.69, 9.17) is 14.6 Å². The maximum atomic E-state index is 11.7. The second-order valence-corrected chi connectivity index (χ2v) is 5.22. The van der Waals surface area contributed by atoms with E-state index in [1.165, 1.54) is 24.3 Å². The second kappa shape index (κ2) is 7.60. The van der Waals surface area contributed by atoms with Gasteiger partial charge in [0.1, 0.15) is 24.4 Å². The van der Waals surface area contributed by atoms with Crippen molar-refractivity contribution in [3.63, 3.8) is 0 Å². The fraction of sp³-hybridized carbons (Fsp3) is 0.400. The van der Waals surface area contributed by atoms with Crippen molar-refractivity contribution in [1.82, 2.24) is 0 Å². The van der Waals surface area contributed by atoms with Crippen LogP contribution in [-0.4, -0.2) is 73.9 Å². The van der Waals surface area contributed by atoms with Crippen molar-refractivity contribution in [3.8, 4) is 11.5 Å². The van der Waals surface area contributed by atoms with E-state index >= 15 is 0 Å². The molecule has 5 atom stereocenters. The summed E-state index contributed by atoms with van der Waals surface area (Å²) >= 11 is 0. The summed E-state index contributed by atoms with van der Waals surface area (Å²) in [5, 5.41) is 56.5. The van der Waals surface area contributed by atoms with Crippen molar-refractivity contribution < 1.29 is 44.9 Å². The van der Waals surface area contributed by atoms with Gasteiger partial charge in [0.15, 0.2) is 11.5 Å². The molecule has 0 amide bonds. The third-order valence-electron chi connectivity index (χ3n) is 3.49. The lowest BCUT2D eigenvalue weighted by Gasteiger charge is -2.38. The Morgan fingerprint density at radius 2 is 1.83 bits per heavy atom. The molecule has 0 aliphatic carbocycles. The number of esters is 1. The number of ether oxygens (including phenoxy) is 2. The van der Waals surface area contributed by atoms with Crippen LogP contribution in [0, 0.1) is 0 Å². The molecule has 1 aromatic rings. The first kappa shape index (κ1) is 18.2. The lowest BCUT2D eigenvalue weighted by Crippen LogP contribution is -2.59. The van der Waals surface area contributed by atoms with E-state index in [1.54, 1.807) is 0 Å². The number of aliphatic hydroxyl groups excluding tert-OH is 4. The molecular formula is C15H18O9. The van der Waals surface area contributed by atoms with Crippen molar-refractivity contribution in [2.75, 3.05) is 6.61 Å². The molecule has 1 fully saturated rings. The number of benzene rings is 1. The van der Waals surface area contributed by atoms with Gasteiger partial charge in [-0.2, -0.15) is 0 Å². The third kappa shape index (κ3) is 4.02. The van der Waals surface area contributed by atoms with Gasteiger partial charge < -0.3 is 40.1 Å². The van der Waals surface area contributed by atoms with E-state index in [0.29, 0.717) is 5.56 Å². The molecule has 1 saturated heterocycles. The molecule has 24 heavy (non-hydrogen) atoms. The zero-order chi connectivity index (χ0) is 17.9. The fourth-order valence-electron chi connectivity index (χ4n) is 2.13. The van der Waals surface area contributed by atoms with Crippen molar-refractivity contribution in [2.45, 2.75) is 30.7 Å². The Morgan fingerprint density at radius 1 is 1.12 bits per heavy atom. The molecule has 0 unspecified atom stereocenters. The minimum absolute atomic E-state index is 0.309. The van der Waals surface area contributed by atoms with Gasteiger partial charge in [-0.05, 0) is 23.8 Å². The van der Waals surface area contributed by atoms with Crippen LogP contribution in [0.3, 0.4) is 0 Å². The Kier molecular flexibility index (Phi) is 5.75. The summed E-state index contributed by atoms with van der Waals surface area (Å²) in [6, 6.07) is 3.89. The van der Waals surface area contributed by atoms with Gasteiger partial charge in [-0.3, -0.25) is 0 Å². The first-order valence-electron chi connectivity index (χ1n) is 7.04. The molecule has 0 aromatic heterocycles. The number of aromatic hydroxyl groups is 2. The van der Waals surface area contributed by atoms with Crippen molar-refractivity contribution >= 4 is 12.0 Å². The van der Waals surface area contributed by atoms with Gasteiger partial charge in [0.2, 0.25) is 6.29 Å². The molecule has 0 bridgehead atoms. The molecule has 0 saturated carbocycles. The summed E-state index contributed by atoms with van der Waals surface area (Å²) in [5.41, 5.74) is 0.399. The van der Waals surface area contributed by atoms with Crippen LogP contribution < -0.4 is 0 Å². The molecule has 0 spiro atoms. The smallest absolute Gasteiger partial charge is 0.333 e. The van der Waals surface area contributed by atoms with Gasteiger partial charge >= 0.3 is 5.97 Å². The molecular weight excluding hydrogens is 324 g/mol. The largest absolute Gasteiger partial charge is 0.504 e. The summed E-state index contributed by atoms with van der Waals surface area (Å²) in [5.74, 6) is -1.60. The van der Waals surface area contributed by atoms with Gasteiger partial charge in [0.05, 0.1) is 6.61 Å². The van der Waals surface area contributed by atoms with Crippen LogP contribution in [0.2, 0.25) is 0 Å². The summed E-state index contributed by atoms with van der Waals surface area (Å²) < 4.78 is 9.87. The van der Waals surface area contributed by atoms with E-state index < -0.39 is 43.3 Å². The zero-order valence-electron chi connectivity index (χ0n) is 12.4. The molecule has 6 N–H and O–H groups in total. The molecule has 1 aliphatic heterocycles. The number of phenols is 2. The molecule has 2 rings (SSSR count). The number of hydrogen-bond donors (Lipinski definition) is 6. The minimum atomic E-state index is -1.68. The highest BCUT2D eigenvalue weighted by Gasteiger charge is 2.45. The lowest BCUT2D eigenvalue weighted by atomic mass is 9.99. The minimum Gasteiger partial charge on any atom is -0.504 e. The number of phenolic OH excluding ortho intramolecular Hbond substituents is 2. The Labute approximate surface area is 136 Å². The average Bonchev–Trinajstić information content (AvgIpc) is 2.56. The van der Waals surface area contributed by atoms with E-state index in [9.17, 15) is 30.3 Å². The van der Waals surface area contributed by atoms with Gasteiger partial charge in [0.25, 0.3) is 0 Å². The number of aliphatic hydroxyl groups is 4. The highest BCUT2D eigenvalue weighted by atomic mass is 16.7. The molecule has 1 aromatic carbocycles. The monoisotopic (exact) mass is 342 g/mol. The van der Waals surface area contributed by atoms with Gasteiger partial charge in [0, 0.05) is 6.08 Å². The molecule has 1 heterocycles. The van der Waals surface area contributed by atoms with Crippen LogP contribution in [-0.2, 0) is 14.3 Å². The summed E-state index contributed by atoms with van der Waals surface area (Å²) in [6.45, 7) is -0.637. The number of carbonyl (C=O) groups excluding carboxylic acids is 1. The van der Waals surface area contributed by atoms with E-state index in [2.05, 4.69) is 0 Å². The predicted octanol–water partition coefficient (Wildman–Crippen LogP) is -1.55. The van der Waals surface area contributed by atoms with Crippen LogP contribution in [0.1, 0.15) is 5.56 Å². The maximum absolute atomic E-state index is 11.7. The quantitative estimate of drug-likeness (QED) is 0.217. The SMILES string of the molecule is O=C(C=Cc1ccc(O)c(O)c1)O[C@@H]1O[C@H](CO)[C@@H](O)[C@H](O)[C@H]1O. The number of hydrogen-bond acceptors (Lipinski definition) is 9. The third-order valence-corrected chi connectivity index (χ3v) is 3.49. The molecule has 1 aliphatic rings. The summed E-state index contributed by atoms with van der Waals surface area (Å²) in [7, 11) is 0. The fourth-order valence-corrected chi connectivity index (χ4v) is 2.13. The summed E-state index contributed by atoms with van der Waals surface area (Å²) in [4.78, 5) is 11.7. The average molecular weight is 342 g/mol. The maximum Gasteiger partial charge on any atom is 0.333 e. The highest BCUT2D eigenvalue weighted by molar-refractivity contribution is 5.87. The highest BCUT2D eigenvalue weighted by Crippen LogP contribution is 2.25. The standard InChI is InChI=1S/C15H18O9/c16-6-10-12(20)13(21)14(22)15(23-10)24-11(19)4-2-7-1-3-8(17)9(18)5-7/h1-5,10,12-18,20-22H,6H2/t10-,12-,13+,14-,15+/m1/s1. The second-order valence-electron chi connectivity index (χ2n) is 5.22. The Hall–Kier alpha value is -2.17.